The van der Waals surface area contributed by atoms with Crippen molar-refractivity contribution in [3.8, 4) is 0 Å². The first kappa shape index (κ1) is 22.7. The summed E-state index contributed by atoms with van der Waals surface area (Å²) in [5.41, 5.74) is 0. The molecule has 0 radical (unpaired) electrons. The molecule has 1 rings (SSSR count). The first-order valence-electron chi connectivity index (χ1n) is 2.94. The molecule has 0 aromatic carbocycles. The maximum absolute atomic E-state index is 8.25. The van der Waals surface area contributed by atoms with Gasteiger partial charge < -0.3 is 15.3 Å². The van der Waals surface area contributed by atoms with E-state index in [-0.39, 0.29) is 21.7 Å². The summed E-state index contributed by atoms with van der Waals surface area (Å²) in [6, 6.07) is 0. The Kier molecular flexibility index (Phi) is 82.6. The van der Waals surface area contributed by atoms with E-state index in [1.165, 1.54) is 0 Å². The molecule has 0 aromatic heterocycles. The summed E-state index contributed by atoms with van der Waals surface area (Å²) >= 11 is 0. The zero-order valence-electron chi connectivity index (χ0n) is 7.66. The Labute approximate surface area is 89.3 Å². The second-order valence-electron chi connectivity index (χ2n) is 1.00. The van der Waals surface area contributed by atoms with E-state index in [2.05, 4.69) is 12.2 Å². The Morgan fingerprint density at radius 1 is 1.00 bits per heavy atom. The molecule has 0 N–H and O–H groups in total. The largest absolute Gasteiger partial charge is 4.00 e. The predicted octanol–water partition coefficient (Wildman–Crippen LogP) is -1.77. The minimum absolute atomic E-state index is 0. The van der Waals surface area contributed by atoms with E-state index in [1.807, 2.05) is 12.2 Å². The normalized spacial score (nSPS) is 8.83. The smallest absolute Gasteiger partial charge is 0.857 e. The summed E-state index contributed by atoms with van der Waals surface area (Å²) in [6.45, 7) is 0. The molecule has 0 bridgehead atoms. The predicted molar refractivity (Wildman–Crippen MR) is 39.3 cm³/mol. The van der Waals surface area contributed by atoms with Gasteiger partial charge in [-0.05, 0) is 0 Å². The van der Waals surface area contributed by atoms with E-state index >= 15 is 0 Å². The van der Waals surface area contributed by atoms with Crippen molar-refractivity contribution in [2.45, 2.75) is 6.42 Å². The molecule has 0 atom stereocenters. The van der Waals surface area contributed by atoms with Gasteiger partial charge in [-0.2, -0.15) is 27.4 Å². The molecule has 3 nitrogen and oxygen atoms in total. The molecule has 0 unspecified atom stereocenters. The van der Waals surface area contributed by atoms with Gasteiger partial charge in [-0.1, -0.05) is 0 Å². The van der Waals surface area contributed by atoms with Crippen molar-refractivity contribution in [1.29, 1.82) is 0 Å². The van der Waals surface area contributed by atoms with Crippen LogP contribution in [0, 0.1) is 6.08 Å². The van der Waals surface area contributed by atoms with Crippen LogP contribution in [0.5, 0.6) is 0 Å². The first-order chi connectivity index (χ1) is 5.50. The Hall–Kier alpha value is 0.0743. The molecule has 0 spiro atoms. The molecule has 0 amide bonds. The molecule has 68 valence electrons. The van der Waals surface area contributed by atoms with Crippen LogP contribution in [0.1, 0.15) is 6.42 Å². The van der Waals surface area contributed by atoms with E-state index < -0.39 is 0 Å². The quantitative estimate of drug-likeness (QED) is 0.348. The summed E-state index contributed by atoms with van der Waals surface area (Å²) in [7, 11) is 2.25. The molecule has 4 heteroatoms. The van der Waals surface area contributed by atoms with Crippen molar-refractivity contribution < 1.29 is 37.0 Å². The SMILES string of the molecule is C[O-].C[O-].C[O-].[C-]1=CC=CC1.[Ti+4]. The Morgan fingerprint density at radius 3 is 1.50 bits per heavy atom. The standard InChI is InChI=1S/C5H5.3CH3O.Ti/c1-2-4-5-3-1;3*1-2;/h1-3H,4H2;3*1H3;/q4*-1;+4. The van der Waals surface area contributed by atoms with Gasteiger partial charge in [0.25, 0.3) is 0 Å². The van der Waals surface area contributed by atoms with Crippen LogP contribution in [-0.4, -0.2) is 21.3 Å². The number of hydrogen-bond donors (Lipinski definition) is 0. The van der Waals surface area contributed by atoms with Gasteiger partial charge >= 0.3 is 21.7 Å². The summed E-state index contributed by atoms with van der Waals surface area (Å²) in [6.07, 6.45) is 10.0. The minimum Gasteiger partial charge on any atom is -0.857 e. The molecular formula is C8H14O3Ti. The number of allylic oxidation sites excluding steroid dienone is 4. The zero-order valence-corrected chi connectivity index (χ0v) is 9.23. The van der Waals surface area contributed by atoms with Crippen LogP contribution in [0.2, 0.25) is 0 Å². The molecule has 0 aliphatic heterocycles. The van der Waals surface area contributed by atoms with Crippen LogP contribution in [0.4, 0.5) is 0 Å². The van der Waals surface area contributed by atoms with Crippen LogP contribution in [-0.2, 0) is 21.7 Å². The van der Waals surface area contributed by atoms with Gasteiger partial charge in [-0.3, -0.25) is 6.08 Å². The topological polar surface area (TPSA) is 69.2 Å². The first-order valence-corrected chi connectivity index (χ1v) is 2.94. The molecule has 0 fully saturated rings. The molecular weight excluding hydrogens is 192 g/mol. The van der Waals surface area contributed by atoms with Crippen molar-refractivity contribution in [3.63, 3.8) is 0 Å². The Balaban J connectivity index is -0.0000000406. The Morgan fingerprint density at radius 2 is 1.42 bits per heavy atom. The van der Waals surface area contributed by atoms with Crippen LogP contribution in [0.3, 0.4) is 0 Å². The zero-order chi connectivity index (χ0) is 9.54. The van der Waals surface area contributed by atoms with Gasteiger partial charge in [0.05, 0.1) is 0 Å². The average Bonchev–Trinajstić information content (AvgIpc) is 2.71. The fraction of sp³-hybridized carbons (Fsp3) is 0.500. The van der Waals surface area contributed by atoms with E-state index in [4.69, 9.17) is 15.3 Å². The molecule has 1 aliphatic rings. The summed E-state index contributed by atoms with van der Waals surface area (Å²) < 4.78 is 0. The van der Waals surface area contributed by atoms with Gasteiger partial charge in [0.15, 0.2) is 0 Å². The van der Waals surface area contributed by atoms with Crippen LogP contribution in [0.25, 0.3) is 0 Å². The second kappa shape index (κ2) is 43.7. The number of hydrogen-bond acceptors (Lipinski definition) is 3. The van der Waals surface area contributed by atoms with Gasteiger partial charge in [0, 0.05) is 0 Å². The van der Waals surface area contributed by atoms with E-state index in [9.17, 15) is 0 Å². The van der Waals surface area contributed by atoms with Crippen LogP contribution < -0.4 is 15.3 Å². The van der Waals surface area contributed by atoms with Crippen molar-refractivity contribution in [2.24, 2.45) is 0 Å². The molecule has 1 aliphatic carbocycles. The fourth-order valence-corrected chi connectivity index (χ4v) is 0.340. The summed E-state index contributed by atoms with van der Waals surface area (Å²) in [5.74, 6) is 0. The maximum atomic E-state index is 8.25. The van der Waals surface area contributed by atoms with Crippen molar-refractivity contribution >= 4 is 0 Å². The van der Waals surface area contributed by atoms with Gasteiger partial charge in [0.1, 0.15) is 0 Å². The van der Waals surface area contributed by atoms with Crippen molar-refractivity contribution in [2.75, 3.05) is 21.3 Å². The van der Waals surface area contributed by atoms with E-state index in [1.54, 1.807) is 0 Å². The third-order valence-electron chi connectivity index (χ3n) is 0.586. The maximum Gasteiger partial charge on any atom is 4.00 e. The Bertz CT molecular complexity index is 72.4. The summed E-state index contributed by atoms with van der Waals surface area (Å²) in [4.78, 5) is 0. The molecule has 0 aromatic rings. The third kappa shape index (κ3) is 32.2. The number of rotatable bonds is 0. The minimum atomic E-state index is 0. The third-order valence-corrected chi connectivity index (χ3v) is 0.586. The monoisotopic (exact) mass is 206 g/mol. The van der Waals surface area contributed by atoms with E-state index in [0.29, 0.717) is 0 Å². The van der Waals surface area contributed by atoms with Gasteiger partial charge in [0.2, 0.25) is 0 Å². The van der Waals surface area contributed by atoms with Crippen molar-refractivity contribution in [1.82, 2.24) is 0 Å². The molecule has 0 saturated heterocycles. The van der Waals surface area contributed by atoms with Crippen molar-refractivity contribution in [3.05, 3.63) is 24.3 Å². The molecule has 0 saturated carbocycles. The van der Waals surface area contributed by atoms with E-state index in [0.717, 1.165) is 27.8 Å². The average molecular weight is 206 g/mol. The second-order valence-corrected chi connectivity index (χ2v) is 1.00. The fourth-order valence-electron chi connectivity index (χ4n) is 0.340. The molecule has 12 heavy (non-hydrogen) atoms. The van der Waals surface area contributed by atoms with Crippen LogP contribution in [0.15, 0.2) is 18.2 Å². The van der Waals surface area contributed by atoms with Crippen LogP contribution >= 0.6 is 0 Å². The molecule has 0 heterocycles. The van der Waals surface area contributed by atoms with Gasteiger partial charge in [-0.25, -0.2) is 12.2 Å². The van der Waals surface area contributed by atoms with Gasteiger partial charge in [-0.15, -0.1) is 6.42 Å². The summed E-state index contributed by atoms with van der Waals surface area (Å²) in [5, 5.41) is 24.8.